The minimum Gasteiger partial charge on any atom is -0.492 e. The molecule has 174 valence electrons. The summed E-state index contributed by atoms with van der Waals surface area (Å²) in [4.78, 5) is 12.5. The van der Waals surface area contributed by atoms with Crippen LogP contribution in [-0.2, 0) is 20.6 Å². The molecule has 1 N–H and O–H groups in total. The van der Waals surface area contributed by atoms with Gasteiger partial charge in [0.2, 0.25) is 15.9 Å². The van der Waals surface area contributed by atoms with E-state index in [4.69, 9.17) is 4.74 Å². The Kier molecular flexibility index (Phi) is 7.25. The number of amides is 1. The van der Waals surface area contributed by atoms with E-state index in [2.05, 4.69) is 5.32 Å². The molecule has 6 nitrogen and oxygen atoms in total. The van der Waals surface area contributed by atoms with Crippen LogP contribution in [-0.4, -0.2) is 44.9 Å². The zero-order valence-electron chi connectivity index (χ0n) is 18.2. The van der Waals surface area contributed by atoms with E-state index in [9.17, 15) is 17.6 Å². The average molecular weight is 471 g/mol. The maximum atomic E-state index is 13.8. The van der Waals surface area contributed by atoms with Gasteiger partial charge in [-0.3, -0.25) is 4.79 Å². The van der Waals surface area contributed by atoms with Crippen LogP contribution in [0.5, 0.6) is 5.75 Å². The zero-order chi connectivity index (χ0) is 23.3. The average Bonchev–Trinajstić information content (AvgIpc) is 2.83. The van der Waals surface area contributed by atoms with Crippen LogP contribution in [0.25, 0.3) is 10.8 Å². The van der Waals surface area contributed by atoms with Crippen molar-refractivity contribution < 1.29 is 22.3 Å². The van der Waals surface area contributed by atoms with Crippen LogP contribution in [0.3, 0.4) is 0 Å². The maximum Gasteiger partial charge on any atom is 0.223 e. The van der Waals surface area contributed by atoms with Gasteiger partial charge in [0, 0.05) is 24.6 Å². The zero-order valence-corrected chi connectivity index (χ0v) is 19.1. The second-order valence-electron chi connectivity index (χ2n) is 8.17. The Hall–Kier alpha value is -2.97. The van der Waals surface area contributed by atoms with Crippen molar-refractivity contribution in [2.24, 2.45) is 5.92 Å². The van der Waals surface area contributed by atoms with E-state index in [1.54, 1.807) is 6.07 Å². The number of benzene rings is 3. The van der Waals surface area contributed by atoms with Gasteiger partial charge in [0.25, 0.3) is 0 Å². The number of carbonyl (C=O) groups excluding carboxylic acids is 1. The fraction of sp³-hybridized carbons (Fsp3) is 0.320. The summed E-state index contributed by atoms with van der Waals surface area (Å²) in [5.41, 5.74) is 0.156. The maximum absolute atomic E-state index is 13.8. The van der Waals surface area contributed by atoms with E-state index < -0.39 is 15.8 Å². The second kappa shape index (κ2) is 10.3. The summed E-state index contributed by atoms with van der Waals surface area (Å²) >= 11 is 0. The molecule has 0 bridgehead atoms. The smallest absolute Gasteiger partial charge is 0.223 e. The molecule has 1 heterocycles. The number of hydrogen-bond acceptors (Lipinski definition) is 4. The van der Waals surface area contributed by atoms with E-state index in [0.717, 1.165) is 16.5 Å². The highest BCUT2D eigenvalue weighted by atomic mass is 32.2. The van der Waals surface area contributed by atoms with Crippen molar-refractivity contribution in [2.75, 3.05) is 26.2 Å². The molecular formula is C25H27FN2O4S. The van der Waals surface area contributed by atoms with Crippen LogP contribution in [0.4, 0.5) is 4.39 Å². The summed E-state index contributed by atoms with van der Waals surface area (Å²) in [5.74, 6) is -0.491. The highest BCUT2D eigenvalue weighted by Crippen LogP contribution is 2.23. The van der Waals surface area contributed by atoms with Crippen molar-refractivity contribution >= 4 is 26.7 Å². The number of rotatable bonds is 8. The Bertz CT molecular complexity index is 1220. The number of fused-ring (bicyclic) bond motifs is 1. The summed E-state index contributed by atoms with van der Waals surface area (Å²) in [6, 6.07) is 19.8. The number of hydrogen-bond donors (Lipinski definition) is 1. The molecule has 4 rings (SSSR count). The van der Waals surface area contributed by atoms with Gasteiger partial charge in [0.15, 0.2) is 0 Å². The minimum absolute atomic E-state index is 0.0942. The minimum atomic E-state index is -3.63. The summed E-state index contributed by atoms with van der Waals surface area (Å²) < 4.78 is 46.2. The van der Waals surface area contributed by atoms with Crippen molar-refractivity contribution in [1.29, 1.82) is 0 Å². The molecule has 1 saturated heterocycles. The summed E-state index contributed by atoms with van der Waals surface area (Å²) in [5, 5.41) is 5.11. The number of nitrogens with zero attached hydrogens (tertiary/aromatic N) is 1. The third kappa shape index (κ3) is 5.89. The van der Waals surface area contributed by atoms with Crippen LogP contribution in [0, 0.1) is 11.7 Å². The van der Waals surface area contributed by atoms with Gasteiger partial charge in [-0.05, 0) is 41.8 Å². The van der Waals surface area contributed by atoms with Crippen LogP contribution in [0.1, 0.15) is 18.4 Å². The fourth-order valence-electron chi connectivity index (χ4n) is 4.04. The molecule has 0 aliphatic carbocycles. The number of carbonyl (C=O) groups is 1. The van der Waals surface area contributed by atoms with Crippen molar-refractivity contribution in [1.82, 2.24) is 9.62 Å². The van der Waals surface area contributed by atoms with E-state index in [1.807, 2.05) is 42.5 Å². The Morgan fingerprint density at radius 1 is 1.00 bits per heavy atom. The summed E-state index contributed by atoms with van der Waals surface area (Å²) in [7, 11) is -3.63. The molecule has 8 heteroatoms. The van der Waals surface area contributed by atoms with Gasteiger partial charge < -0.3 is 10.1 Å². The molecule has 1 aliphatic heterocycles. The molecule has 0 aromatic heterocycles. The lowest BCUT2D eigenvalue weighted by molar-refractivity contribution is -0.126. The summed E-state index contributed by atoms with van der Waals surface area (Å²) in [6.45, 7) is 1.22. The van der Waals surface area contributed by atoms with Gasteiger partial charge in [-0.25, -0.2) is 17.1 Å². The molecule has 3 aromatic carbocycles. The first-order valence-electron chi connectivity index (χ1n) is 11.0. The van der Waals surface area contributed by atoms with Crippen molar-refractivity contribution in [3.8, 4) is 5.75 Å². The lowest BCUT2D eigenvalue weighted by Gasteiger charge is -2.30. The van der Waals surface area contributed by atoms with Crippen LogP contribution < -0.4 is 10.1 Å². The molecule has 1 amide bonds. The molecular weight excluding hydrogens is 443 g/mol. The molecule has 33 heavy (non-hydrogen) atoms. The van der Waals surface area contributed by atoms with E-state index in [0.29, 0.717) is 26.0 Å². The quantitative estimate of drug-likeness (QED) is 0.509. The number of halogens is 1. The van der Waals surface area contributed by atoms with Crippen LogP contribution in [0.2, 0.25) is 0 Å². The summed E-state index contributed by atoms with van der Waals surface area (Å²) in [6.07, 6.45) is 0.877. The van der Waals surface area contributed by atoms with Crippen molar-refractivity contribution in [3.05, 3.63) is 78.1 Å². The number of nitrogens with one attached hydrogen (secondary N) is 1. The van der Waals surface area contributed by atoms with Gasteiger partial charge in [-0.15, -0.1) is 0 Å². The predicted molar refractivity (Wildman–Crippen MR) is 126 cm³/mol. The normalized spacial score (nSPS) is 15.4. The number of piperidine rings is 1. The number of sulfonamides is 1. The lowest BCUT2D eigenvalue weighted by atomic mass is 9.97. The first-order chi connectivity index (χ1) is 15.9. The monoisotopic (exact) mass is 470 g/mol. The van der Waals surface area contributed by atoms with Gasteiger partial charge in [0.1, 0.15) is 18.2 Å². The number of ether oxygens (including phenoxy) is 1. The van der Waals surface area contributed by atoms with Gasteiger partial charge in [-0.2, -0.15) is 0 Å². The van der Waals surface area contributed by atoms with Crippen molar-refractivity contribution in [3.63, 3.8) is 0 Å². The van der Waals surface area contributed by atoms with Gasteiger partial charge in [-0.1, -0.05) is 48.5 Å². The van der Waals surface area contributed by atoms with Gasteiger partial charge in [0.05, 0.1) is 12.3 Å². The highest BCUT2D eigenvalue weighted by molar-refractivity contribution is 7.88. The Balaban J connectivity index is 1.21. The predicted octanol–water partition coefficient (Wildman–Crippen LogP) is 3.72. The third-order valence-electron chi connectivity index (χ3n) is 5.90. The molecule has 3 aromatic rings. The Morgan fingerprint density at radius 2 is 1.70 bits per heavy atom. The standard InChI is InChI=1S/C25H27FN2O4S/c26-24-8-4-3-7-22(24)18-33(30,31)28-14-11-20(12-15-28)25(29)27-13-16-32-23-10-9-19-5-1-2-6-21(19)17-23/h1-10,17,20H,11-16,18H2,(H,27,29). The fourth-order valence-corrected chi connectivity index (χ4v) is 5.62. The molecule has 0 spiro atoms. The topological polar surface area (TPSA) is 75.7 Å². The first-order valence-corrected chi connectivity index (χ1v) is 12.6. The highest BCUT2D eigenvalue weighted by Gasteiger charge is 2.31. The van der Waals surface area contributed by atoms with Gasteiger partial charge >= 0.3 is 0 Å². The molecule has 0 unspecified atom stereocenters. The first kappa shape index (κ1) is 23.2. The van der Waals surface area contributed by atoms with Crippen molar-refractivity contribution in [2.45, 2.75) is 18.6 Å². The molecule has 0 saturated carbocycles. The van der Waals surface area contributed by atoms with E-state index in [1.165, 1.54) is 22.5 Å². The van der Waals surface area contributed by atoms with E-state index >= 15 is 0 Å². The SMILES string of the molecule is O=C(NCCOc1ccc2ccccc2c1)C1CCN(S(=O)(=O)Cc2ccccc2F)CC1. The molecule has 0 atom stereocenters. The molecule has 1 fully saturated rings. The largest absolute Gasteiger partial charge is 0.492 e. The lowest BCUT2D eigenvalue weighted by Crippen LogP contribution is -2.44. The van der Waals surface area contributed by atoms with Crippen LogP contribution in [0.15, 0.2) is 66.7 Å². The van der Waals surface area contributed by atoms with E-state index in [-0.39, 0.29) is 36.2 Å². The molecule has 0 radical (unpaired) electrons. The Morgan fingerprint density at radius 3 is 2.45 bits per heavy atom. The third-order valence-corrected chi connectivity index (χ3v) is 7.73. The second-order valence-corrected chi connectivity index (χ2v) is 10.1. The Labute approximate surface area is 193 Å². The van der Waals surface area contributed by atoms with Crippen LogP contribution >= 0.6 is 0 Å². The molecule has 1 aliphatic rings.